The van der Waals surface area contributed by atoms with Crippen molar-refractivity contribution in [1.29, 1.82) is 0 Å². The summed E-state index contributed by atoms with van der Waals surface area (Å²) in [6.45, 7) is 6.47. The number of hydrogen-bond donors (Lipinski definition) is 2. The lowest BCUT2D eigenvalue weighted by atomic mass is 9.74. The van der Waals surface area contributed by atoms with Crippen LogP contribution in [-0.4, -0.2) is 102 Å². The van der Waals surface area contributed by atoms with Gasteiger partial charge in [0.25, 0.3) is 0 Å². The second kappa shape index (κ2) is 15.1. The number of amides is 3. The van der Waals surface area contributed by atoms with Gasteiger partial charge < -0.3 is 34.4 Å². The first-order chi connectivity index (χ1) is 22.7. The number of benzene rings is 1. The number of aliphatic hydroxyl groups excluding tert-OH is 1. The van der Waals surface area contributed by atoms with Crippen molar-refractivity contribution in [3.05, 3.63) is 60.2 Å². The van der Waals surface area contributed by atoms with Gasteiger partial charge in [0, 0.05) is 26.6 Å². The molecule has 11 nitrogen and oxygen atoms in total. The van der Waals surface area contributed by atoms with Gasteiger partial charge in [-0.3, -0.25) is 19.2 Å². The quantitative estimate of drug-likeness (QED) is 0.292. The van der Waals surface area contributed by atoms with Crippen LogP contribution >= 0.6 is 0 Å². The zero-order valence-corrected chi connectivity index (χ0v) is 27.9. The molecule has 256 valence electrons. The first-order valence-electron chi connectivity index (χ1n) is 17.0. The fourth-order valence-corrected chi connectivity index (χ4v) is 7.57. The van der Waals surface area contributed by atoms with Gasteiger partial charge in [-0.2, -0.15) is 0 Å². The number of ether oxygens (including phenoxy) is 3. The molecule has 2 N–H and O–H groups in total. The molecule has 4 heterocycles. The molecule has 5 bridgehead atoms. The molecule has 0 aromatic heterocycles. The summed E-state index contributed by atoms with van der Waals surface area (Å²) in [5, 5.41) is 13.7. The van der Waals surface area contributed by atoms with Crippen molar-refractivity contribution in [2.24, 2.45) is 17.8 Å². The van der Waals surface area contributed by atoms with Gasteiger partial charge in [0.1, 0.15) is 23.7 Å². The number of methoxy groups -OCH3 is 1. The third-order valence-electron chi connectivity index (χ3n) is 10.2. The van der Waals surface area contributed by atoms with E-state index in [1.165, 1.54) is 12.0 Å². The normalized spacial score (nSPS) is 33.0. The van der Waals surface area contributed by atoms with E-state index in [1.54, 1.807) is 17.1 Å². The first kappa shape index (κ1) is 34.8. The first-order valence-corrected chi connectivity index (χ1v) is 17.0. The van der Waals surface area contributed by atoms with E-state index in [4.69, 9.17) is 14.2 Å². The van der Waals surface area contributed by atoms with Crippen molar-refractivity contribution in [2.45, 2.75) is 88.8 Å². The number of carbonyl (C=O) groups is 4. The average Bonchev–Trinajstić information content (AvgIpc) is 3.72. The lowest BCUT2D eigenvalue weighted by molar-refractivity contribution is -0.163. The summed E-state index contributed by atoms with van der Waals surface area (Å²) in [5.74, 6) is -3.76. The fourth-order valence-electron chi connectivity index (χ4n) is 7.57. The largest absolute Gasteiger partial charge is 0.455 e. The van der Waals surface area contributed by atoms with Gasteiger partial charge in [-0.1, -0.05) is 88.2 Å². The second-order valence-corrected chi connectivity index (χ2v) is 13.1. The van der Waals surface area contributed by atoms with E-state index in [0.717, 1.165) is 12.8 Å². The molecule has 4 aliphatic rings. The third-order valence-corrected chi connectivity index (χ3v) is 10.2. The summed E-state index contributed by atoms with van der Waals surface area (Å²) in [5.41, 5.74) is -0.736. The number of carbonyl (C=O) groups excluding carboxylic acids is 4. The number of hydrogen-bond acceptors (Lipinski definition) is 8. The van der Waals surface area contributed by atoms with Crippen LogP contribution in [0.4, 0.5) is 0 Å². The summed E-state index contributed by atoms with van der Waals surface area (Å²) >= 11 is 0. The van der Waals surface area contributed by atoms with E-state index < -0.39 is 59.6 Å². The highest BCUT2D eigenvalue weighted by atomic mass is 16.6. The minimum absolute atomic E-state index is 0.0784. The predicted octanol–water partition coefficient (Wildman–Crippen LogP) is 2.94. The Morgan fingerprint density at radius 3 is 2.55 bits per heavy atom. The van der Waals surface area contributed by atoms with Crippen LogP contribution in [-0.2, 0) is 33.4 Å². The molecule has 0 saturated carbocycles. The molecule has 1 aromatic carbocycles. The van der Waals surface area contributed by atoms with Crippen molar-refractivity contribution in [2.75, 3.05) is 33.4 Å². The summed E-state index contributed by atoms with van der Waals surface area (Å²) in [7, 11) is 1.52. The van der Waals surface area contributed by atoms with Crippen LogP contribution in [0.15, 0.2) is 54.6 Å². The topological polar surface area (TPSA) is 135 Å². The number of aliphatic hydroxyl groups is 1. The van der Waals surface area contributed by atoms with Crippen LogP contribution < -0.4 is 5.32 Å². The smallest absolute Gasteiger partial charge is 0.313 e. The number of allylic oxidation sites excluding steroid dienone is 1. The minimum Gasteiger partial charge on any atom is -0.455 e. The van der Waals surface area contributed by atoms with Crippen molar-refractivity contribution < 1.29 is 38.5 Å². The molecule has 2 saturated heterocycles. The van der Waals surface area contributed by atoms with Gasteiger partial charge in [-0.05, 0) is 24.3 Å². The Labute approximate surface area is 277 Å². The number of nitrogens with zero attached hydrogens (tertiary/aromatic N) is 2. The highest BCUT2D eigenvalue weighted by Crippen LogP contribution is 2.56. The van der Waals surface area contributed by atoms with E-state index in [2.05, 4.69) is 5.32 Å². The van der Waals surface area contributed by atoms with Crippen LogP contribution in [0.25, 0.3) is 0 Å². The van der Waals surface area contributed by atoms with Crippen molar-refractivity contribution in [3.63, 3.8) is 0 Å². The summed E-state index contributed by atoms with van der Waals surface area (Å²) < 4.78 is 18.3. The molecule has 4 aliphatic heterocycles. The maximum Gasteiger partial charge on any atom is 0.313 e. The molecule has 2 fully saturated rings. The molecule has 0 radical (unpaired) electrons. The summed E-state index contributed by atoms with van der Waals surface area (Å²) in [4.78, 5) is 60.1. The van der Waals surface area contributed by atoms with E-state index in [9.17, 15) is 24.3 Å². The zero-order valence-electron chi connectivity index (χ0n) is 27.9. The third kappa shape index (κ3) is 6.62. The molecule has 11 heteroatoms. The molecule has 1 spiro atoms. The average molecular weight is 652 g/mol. The highest BCUT2D eigenvalue weighted by Gasteiger charge is 2.74. The molecule has 3 amide bonds. The Bertz CT molecular complexity index is 1350. The predicted molar refractivity (Wildman–Crippen MR) is 174 cm³/mol. The zero-order chi connectivity index (χ0) is 33.7. The minimum atomic E-state index is -1.39. The number of likely N-dealkylation sites (tertiary alicyclic amines) is 1. The number of esters is 1. The van der Waals surface area contributed by atoms with Gasteiger partial charge in [0.2, 0.25) is 17.7 Å². The Kier molecular flexibility index (Phi) is 11.2. The summed E-state index contributed by atoms with van der Waals surface area (Å²) in [6, 6.07) is 6.70. The lowest BCUT2D eigenvalue weighted by Crippen LogP contribution is -2.59. The maximum absolute atomic E-state index is 14.7. The number of nitrogens with one attached hydrogen (secondary N) is 1. The Morgan fingerprint density at radius 1 is 1.11 bits per heavy atom. The molecule has 1 aromatic rings. The Hall–Kier alpha value is -3.54. The molecular weight excluding hydrogens is 602 g/mol. The second-order valence-electron chi connectivity index (χ2n) is 13.1. The van der Waals surface area contributed by atoms with Gasteiger partial charge in [-0.15, -0.1) is 0 Å². The van der Waals surface area contributed by atoms with Gasteiger partial charge in [0.05, 0.1) is 37.3 Å². The molecule has 0 unspecified atom stereocenters. The van der Waals surface area contributed by atoms with Gasteiger partial charge >= 0.3 is 5.97 Å². The Morgan fingerprint density at radius 2 is 1.87 bits per heavy atom. The number of unbranched alkanes of at least 4 members (excludes halogenated alkanes) is 1. The standard InChI is InChI=1S/C36H49N3O8/c1-5-7-19-38-20-13-9-12-16-28(41)37-25(22-45-4)31(24-14-10-8-11-15-24)46-35(44)29-27-17-18-36(47-27)30(29)33(42)39(32(36)34(38)43)26(21-40)23(3)6-2/h8-11,13-15,17-18,23,25-27,29-32,40H,5-7,12,16,19-22H2,1-4H3,(H,37,41)/b13-9-/t23-,25-,26-,27+,29-,30-,31-,32+,36-/m0/s1. The Balaban J connectivity index is 1.62. The van der Waals surface area contributed by atoms with Gasteiger partial charge in [0.15, 0.2) is 0 Å². The van der Waals surface area contributed by atoms with Crippen molar-refractivity contribution in [3.8, 4) is 0 Å². The number of fused-ring (bicyclic) bond motifs is 2. The number of rotatable bonds is 10. The van der Waals surface area contributed by atoms with Crippen LogP contribution in [0.2, 0.25) is 0 Å². The lowest BCUT2D eigenvalue weighted by Gasteiger charge is -2.40. The molecule has 5 rings (SSSR count). The van der Waals surface area contributed by atoms with E-state index in [-0.39, 0.29) is 43.9 Å². The van der Waals surface area contributed by atoms with E-state index >= 15 is 0 Å². The molecular formula is C36H49N3O8. The van der Waals surface area contributed by atoms with Crippen LogP contribution in [0.3, 0.4) is 0 Å². The maximum atomic E-state index is 14.7. The van der Waals surface area contributed by atoms with Gasteiger partial charge in [-0.25, -0.2) is 0 Å². The van der Waals surface area contributed by atoms with E-state index in [0.29, 0.717) is 24.9 Å². The van der Waals surface area contributed by atoms with Crippen LogP contribution in [0.1, 0.15) is 64.5 Å². The van der Waals surface area contributed by atoms with Crippen LogP contribution in [0.5, 0.6) is 0 Å². The molecule has 9 atom stereocenters. The molecule has 0 aliphatic carbocycles. The fraction of sp³-hybridized carbons (Fsp3) is 0.611. The highest BCUT2D eigenvalue weighted by molar-refractivity contribution is 5.99. The monoisotopic (exact) mass is 651 g/mol. The van der Waals surface area contributed by atoms with E-state index in [1.807, 2.05) is 63.3 Å². The van der Waals surface area contributed by atoms with Crippen molar-refractivity contribution in [1.82, 2.24) is 15.1 Å². The SMILES string of the molecule is CCCCN1C/C=C\CCC(=O)N[C@@H](COC)[C@H](c2ccccc2)OC(=O)[C@@H]2[C@H]3C(=O)N([C@@H](CO)[C@@H](C)CC)[C@H](C1=O)[C@]31C=C[C@H]2O1. The number of cyclic esters (lactones) is 1. The van der Waals surface area contributed by atoms with Crippen molar-refractivity contribution >= 4 is 23.7 Å². The van der Waals surface area contributed by atoms with Crippen LogP contribution in [0, 0.1) is 17.8 Å². The summed E-state index contributed by atoms with van der Waals surface area (Å²) in [6.07, 6.45) is 8.52. The molecule has 47 heavy (non-hydrogen) atoms.